The minimum absolute atomic E-state index is 0.146. The number of rotatable bonds is 7. The third-order valence-corrected chi connectivity index (χ3v) is 5.72. The maximum Gasteiger partial charge on any atom is 0.282 e. The van der Waals surface area contributed by atoms with Crippen molar-refractivity contribution >= 4 is 10.2 Å². The molecule has 1 heterocycles. The maximum atomic E-state index is 12.4. The summed E-state index contributed by atoms with van der Waals surface area (Å²) in [6, 6.07) is 0.475. The highest BCUT2D eigenvalue weighted by Gasteiger charge is 2.31. The normalized spacial score (nSPS) is 18.6. The van der Waals surface area contributed by atoms with Crippen LogP contribution in [0, 0.1) is 18.3 Å². The summed E-state index contributed by atoms with van der Waals surface area (Å²) in [6.07, 6.45) is 7.06. The van der Waals surface area contributed by atoms with E-state index in [4.69, 9.17) is 6.42 Å². The molecule has 1 aliphatic rings. The predicted octanol–water partition coefficient (Wildman–Crippen LogP) is 0.896. The number of hydrogen-bond donors (Lipinski definition) is 1. The van der Waals surface area contributed by atoms with E-state index < -0.39 is 10.2 Å². The first kappa shape index (κ1) is 17.4. The summed E-state index contributed by atoms with van der Waals surface area (Å²) >= 11 is 0. The summed E-state index contributed by atoms with van der Waals surface area (Å²) in [5.74, 6) is 2.98. The Morgan fingerprint density at radius 3 is 2.45 bits per heavy atom. The highest BCUT2D eigenvalue weighted by atomic mass is 32.2. The van der Waals surface area contributed by atoms with Gasteiger partial charge in [0.05, 0.1) is 6.54 Å². The molecule has 1 N–H and O–H groups in total. The van der Waals surface area contributed by atoms with Gasteiger partial charge in [-0.25, -0.2) is 0 Å². The van der Waals surface area contributed by atoms with Gasteiger partial charge < -0.3 is 5.32 Å². The lowest BCUT2D eigenvalue weighted by Gasteiger charge is -2.34. The largest absolute Gasteiger partial charge is 0.314 e. The van der Waals surface area contributed by atoms with Crippen LogP contribution in [0.5, 0.6) is 0 Å². The van der Waals surface area contributed by atoms with Gasteiger partial charge in [-0.15, -0.1) is 6.42 Å². The SMILES string of the molecule is C#CCN(CC)S(=O)(=O)N1CCC(CNC(C)C)CC1. The standard InChI is InChI=1S/C14H27N3O2S/c1-5-9-16(6-2)20(18,19)17-10-7-14(8-11-17)12-15-13(3)4/h1,13-15H,6-12H2,2-4H3. The van der Waals surface area contributed by atoms with E-state index in [2.05, 4.69) is 25.1 Å². The van der Waals surface area contributed by atoms with Gasteiger partial charge in [-0.05, 0) is 25.3 Å². The van der Waals surface area contributed by atoms with Crippen molar-refractivity contribution in [1.29, 1.82) is 0 Å². The molecule has 0 aromatic heterocycles. The molecule has 6 heteroatoms. The Labute approximate surface area is 123 Å². The predicted molar refractivity (Wildman–Crippen MR) is 82.4 cm³/mol. The molecule has 0 aromatic carbocycles. The zero-order chi connectivity index (χ0) is 15.2. The van der Waals surface area contributed by atoms with E-state index in [-0.39, 0.29) is 6.54 Å². The van der Waals surface area contributed by atoms with Crippen LogP contribution in [-0.4, -0.2) is 55.8 Å². The summed E-state index contributed by atoms with van der Waals surface area (Å²) in [5, 5.41) is 3.42. The molecule has 0 unspecified atom stereocenters. The molecule has 20 heavy (non-hydrogen) atoms. The van der Waals surface area contributed by atoms with Gasteiger partial charge in [-0.2, -0.15) is 17.0 Å². The van der Waals surface area contributed by atoms with E-state index in [1.54, 1.807) is 4.31 Å². The summed E-state index contributed by atoms with van der Waals surface area (Å²) < 4.78 is 27.8. The van der Waals surface area contributed by atoms with Crippen LogP contribution >= 0.6 is 0 Å². The lowest BCUT2D eigenvalue weighted by atomic mass is 9.98. The summed E-state index contributed by atoms with van der Waals surface area (Å²) in [4.78, 5) is 0. The molecule has 1 rings (SSSR count). The van der Waals surface area contributed by atoms with Crippen LogP contribution in [0.4, 0.5) is 0 Å². The van der Waals surface area contributed by atoms with Gasteiger partial charge in [0.25, 0.3) is 10.2 Å². The fourth-order valence-corrected chi connectivity index (χ4v) is 3.93. The van der Waals surface area contributed by atoms with E-state index in [9.17, 15) is 8.42 Å². The average Bonchev–Trinajstić information content (AvgIpc) is 2.42. The van der Waals surface area contributed by atoms with Gasteiger partial charge in [-0.1, -0.05) is 26.7 Å². The zero-order valence-electron chi connectivity index (χ0n) is 12.8. The van der Waals surface area contributed by atoms with Crippen molar-refractivity contribution in [3.05, 3.63) is 0 Å². The van der Waals surface area contributed by atoms with Gasteiger partial charge in [0.1, 0.15) is 0 Å². The lowest BCUT2D eigenvalue weighted by molar-refractivity contribution is 0.250. The van der Waals surface area contributed by atoms with E-state index in [0.717, 1.165) is 19.4 Å². The lowest BCUT2D eigenvalue weighted by Crippen LogP contribution is -2.48. The first-order valence-electron chi connectivity index (χ1n) is 7.33. The minimum atomic E-state index is -3.39. The maximum absolute atomic E-state index is 12.4. The third kappa shape index (κ3) is 4.74. The first-order valence-corrected chi connectivity index (χ1v) is 8.73. The molecule has 0 amide bonds. The van der Waals surface area contributed by atoms with Gasteiger partial charge in [0.2, 0.25) is 0 Å². The number of hydrogen-bond acceptors (Lipinski definition) is 3. The number of nitrogens with zero attached hydrogens (tertiary/aromatic N) is 2. The van der Waals surface area contributed by atoms with Gasteiger partial charge in [0, 0.05) is 25.7 Å². The second kappa shape index (κ2) is 7.99. The third-order valence-electron chi connectivity index (χ3n) is 3.66. The van der Waals surface area contributed by atoms with Crippen LogP contribution in [-0.2, 0) is 10.2 Å². The zero-order valence-corrected chi connectivity index (χ0v) is 13.6. The van der Waals surface area contributed by atoms with Crippen molar-refractivity contribution in [3.63, 3.8) is 0 Å². The molecule has 1 aliphatic heterocycles. The average molecular weight is 301 g/mol. The second-order valence-electron chi connectivity index (χ2n) is 5.54. The molecular formula is C14H27N3O2S. The summed E-state index contributed by atoms with van der Waals surface area (Å²) in [5.41, 5.74) is 0. The smallest absolute Gasteiger partial charge is 0.282 e. The van der Waals surface area contributed by atoms with Gasteiger partial charge >= 0.3 is 0 Å². The van der Waals surface area contributed by atoms with E-state index in [1.165, 1.54) is 4.31 Å². The van der Waals surface area contributed by atoms with E-state index >= 15 is 0 Å². The molecule has 0 aliphatic carbocycles. The highest BCUT2D eigenvalue weighted by Crippen LogP contribution is 2.20. The van der Waals surface area contributed by atoms with Gasteiger partial charge in [0.15, 0.2) is 0 Å². The molecule has 0 atom stereocenters. The second-order valence-corrected chi connectivity index (χ2v) is 7.47. The molecule has 0 spiro atoms. The van der Waals surface area contributed by atoms with Crippen molar-refractivity contribution in [2.45, 2.75) is 39.7 Å². The van der Waals surface area contributed by atoms with Gasteiger partial charge in [-0.3, -0.25) is 0 Å². The van der Waals surface area contributed by atoms with Crippen LogP contribution in [0.2, 0.25) is 0 Å². The van der Waals surface area contributed by atoms with E-state index in [0.29, 0.717) is 31.6 Å². The molecule has 0 aromatic rings. The molecule has 0 saturated carbocycles. The quantitative estimate of drug-likeness (QED) is 0.711. The number of nitrogens with one attached hydrogen (secondary N) is 1. The van der Waals surface area contributed by atoms with Crippen LogP contribution in [0.1, 0.15) is 33.6 Å². The fourth-order valence-electron chi connectivity index (χ4n) is 2.37. The Kier molecular flexibility index (Phi) is 6.96. The Balaban J connectivity index is 2.53. The van der Waals surface area contributed by atoms with Crippen molar-refractivity contribution in [3.8, 4) is 12.3 Å². The summed E-state index contributed by atoms with van der Waals surface area (Å²) in [7, 11) is -3.39. The van der Waals surface area contributed by atoms with E-state index in [1.807, 2.05) is 6.92 Å². The Morgan fingerprint density at radius 2 is 2.00 bits per heavy atom. The Morgan fingerprint density at radius 1 is 1.40 bits per heavy atom. The monoisotopic (exact) mass is 301 g/mol. The Hall–Kier alpha value is -0.610. The van der Waals surface area contributed by atoms with Crippen LogP contribution in [0.3, 0.4) is 0 Å². The molecule has 1 saturated heterocycles. The topological polar surface area (TPSA) is 52.7 Å². The molecule has 1 fully saturated rings. The molecule has 5 nitrogen and oxygen atoms in total. The van der Waals surface area contributed by atoms with Crippen molar-refractivity contribution < 1.29 is 8.42 Å². The van der Waals surface area contributed by atoms with Crippen LogP contribution in [0.15, 0.2) is 0 Å². The van der Waals surface area contributed by atoms with Crippen molar-refractivity contribution in [1.82, 2.24) is 13.9 Å². The number of terminal acetylenes is 1. The first-order chi connectivity index (χ1) is 9.41. The molecule has 0 bridgehead atoms. The van der Waals surface area contributed by atoms with Crippen LogP contribution in [0.25, 0.3) is 0 Å². The summed E-state index contributed by atoms with van der Waals surface area (Å²) in [6.45, 7) is 8.77. The fraction of sp³-hybridized carbons (Fsp3) is 0.857. The van der Waals surface area contributed by atoms with Crippen molar-refractivity contribution in [2.24, 2.45) is 5.92 Å². The van der Waals surface area contributed by atoms with Crippen molar-refractivity contribution in [2.75, 3.05) is 32.7 Å². The Bertz CT molecular complexity index is 420. The minimum Gasteiger partial charge on any atom is -0.314 e. The molecular weight excluding hydrogens is 274 g/mol. The highest BCUT2D eigenvalue weighted by molar-refractivity contribution is 7.86. The molecule has 0 radical (unpaired) electrons. The van der Waals surface area contributed by atoms with Crippen LogP contribution < -0.4 is 5.32 Å². The molecule has 116 valence electrons. The number of piperidine rings is 1.